The molecule has 0 rings (SSSR count). The minimum absolute atomic E-state index is 0.588. The van der Waals surface area contributed by atoms with E-state index in [2.05, 4.69) is 34.5 Å². The lowest BCUT2D eigenvalue weighted by Crippen LogP contribution is -2.47. The maximum Gasteiger partial charge on any atom is 0.199 e. The molecule has 5 nitrogen and oxygen atoms in total. The van der Waals surface area contributed by atoms with Crippen LogP contribution in [0.25, 0.3) is 0 Å². The van der Waals surface area contributed by atoms with Gasteiger partial charge in [-0.1, -0.05) is 13.8 Å². The Bertz CT molecular complexity index is 230. The van der Waals surface area contributed by atoms with Crippen molar-refractivity contribution in [1.82, 2.24) is 15.5 Å². The SMILES string of the molecule is CN=C(NCC(C)C)NC(=NC)N(C)C. The van der Waals surface area contributed by atoms with Crippen LogP contribution < -0.4 is 10.6 Å². The minimum atomic E-state index is 0.588. The molecule has 0 heterocycles. The van der Waals surface area contributed by atoms with Crippen LogP contribution >= 0.6 is 0 Å². The van der Waals surface area contributed by atoms with Crippen molar-refractivity contribution in [2.24, 2.45) is 15.9 Å². The van der Waals surface area contributed by atoms with E-state index in [1.54, 1.807) is 14.1 Å². The van der Waals surface area contributed by atoms with Crippen molar-refractivity contribution in [3.63, 3.8) is 0 Å². The fourth-order valence-corrected chi connectivity index (χ4v) is 0.954. The second-order valence-corrected chi connectivity index (χ2v) is 3.91. The first-order valence-corrected chi connectivity index (χ1v) is 5.13. The highest BCUT2D eigenvalue weighted by Gasteiger charge is 2.04. The Morgan fingerprint density at radius 2 is 1.80 bits per heavy atom. The summed E-state index contributed by atoms with van der Waals surface area (Å²) in [5, 5.41) is 6.34. The highest BCUT2D eigenvalue weighted by atomic mass is 15.3. The summed E-state index contributed by atoms with van der Waals surface area (Å²) in [4.78, 5) is 10.1. The molecule has 0 bridgehead atoms. The zero-order chi connectivity index (χ0) is 11.8. The Morgan fingerprint density at radius 3 is 2.13 bits per heavy atom. The molecular formula is C10H23N5. The lowest BCUT2D eigenvalue weighted by molar-refractivity contribution is 0.593. The van der Waals surface area contributed by atoms with Gasteiger partial charge in [-0.25, -0.2) is 0 Å². The van der Waals surface area contributed by atoms with Crippen molar-refractivity contribution in [2.75, 3.05) is 34.7 Å². The molecule has 0 aromatic carbocycles. The summed E-state index contributed by atoms with van der Waals surface area (Å²) < 4.78 is 0. The zero-order valence-corrected chi connectivity index (χ0v) is 10.6. The number of aliphatic imine (C=N–C) groups is 2. The molecule has 88 valence electrons. The van der Waals surface area contributed by atoms with E-state index in [1.165, 1.54) is 0 Å². The van der Waals surface area contributed by atoms with Crippen LogP contribution in [0.1, 0.15) is 13.8 Å². The largest absolute Gasteiger partial charge is 0.356 e. The highest BCUT2D eigenvalue weighted by molar-refractivity contribution is 5.98. The topological polar surface area (TPSA) is 52.0 Å². The fraction of sp³-hybridized carbons (Fsp3) is 0.800. The van der Waals surface area contributed by atoms with Crippen molar-refractivity contribution in [3.8, 4) is 0 Å². The number of hydrogen-bond donors (Lipinski definition) is 2. The van der Waals surface area contributed by atoms with Gasteiger partial charge in [0.2, 0.25) is 0 Å². The molecule has 2 N–H and O–H groups in total. The van der Waals surface area contributed by atoms with Gasteiger partial charge >= 0.3 is 0 Å². The van der Waals surface area contributed by atoms with Gasteiger partial charge in [-0.2, -0.15) is 0 Å². The summed E-state index contributed by atoms with van der Waals surface area (Å²) in [5.41, 5.74) is 0. The van der Waals surface area contributed by atoms with E-state index in [9.17, 15) is 0 Å². The van der Waals surface area contributed by atoms with E-state index in [-0.39, 0.29) is 0 Å². The highest BCUT2D eigenvalue weighted by Crippen LogP contribution is 1.87. The standard InChI is InChI=1S/C10H23N5/c1-8(2)7-13-9(11-3)14-10(12-4)15(5)6/h8H,7H2,1-6H3,(H2,11,12,13,14). The van der Waals surface area contributed by atoms with Crippen molar-refractivity contribution < 1.29 is 0 Å². The van der Waals surface area contributed by atoms with Gasteiger partial charge in [0.05, 0.1) is 0 Å². The first kappa shape index (κ1) is 13.7. The van der Waals surface area contributed by atoms with E-state index in [1.807, 2.05) is 19.0 Å². The molecule has 0 saturated carbocycles. The molecule has 0 atom stereocenters. The summed E-state index contributed by atoms with van der Waals surface area (Å²) in [6.07, 6.45) is 0. The van der Waals surface area contributed by atoms with Gasteiger partial charge in [0.25, 0.3) is 0 Å². The molecule has 15 heavy (non-hydrogen) atoms. The number of rotatable bonds is 2. The van der Waals surface area contributed by atoms with Gasteiger partial charge in [0.15, 0.2) is 11.9 Å². The van der Waals surface area contributed by atoms with Crippen LogP contribution in [-0.2, 0) is 0 Å². The molecular weight excluding hydrogens is 190 g/mol. The first-order chi connectivity index (χ1) is 7.01. The summed E-state index contributed by atoms with van der Waals surface area (Å²) >= 11 is 0. The smallest absolute Gasteiger partial charge is 0.199 e. The van der Waals surface area contributed by atoms with Gasteiger partial charge in [-0.15, -0.1) is 0 Å². The summed E-state index contributed by atoms with van der Waals surface area (Å²) in [7, 11) is 7.37. The van der Waals surface area contributed by atoms with Gasteiger partial charge < -0.3 is 10.2 Å². The molecule has 0 radical (unpaired) electrons. The summed E-state index contributed by atoms with van der Waals surface area (Å²) in [6.45, 7) is 5.20. The van der Waals surface area contributed by atoms with E-state index < -0.39 is 0 Å². The van der Waals surface area contributed by atoms with Crippen LogP contribution in [0.15, 0.2) is 9.98 Å². The number of nitrogens with one attached hydrogen (secondary N) is 2. The number of nitrogens with zero attached hydrogens (tertiary/aromatic N) is 3. The van der Waals surface area contributed by atoms with Crippen LogP contribution in [0.4, 0.5) is 0 Å². The van der Waals surface area contributed by atoms with E-state index in [0.717, 1.165) is 18.5 Å². The molecule has 0 amide bonds. The number of guanidine groups is 2. The fourth-order valence-electron chi connectivity index (χ4n) is 0.954. The molecule has 0 fully saturated rings. The van der Waals surface area contributed by atoms with Crippen LogP contribution in [0.2, 0.25) is 0 Å². The Kier molecular flexibility index (Phi) is 6.49. The van der Waals surface area contributed by atoms with Crippen LogP contribution in [-0.4, -0.2) is 51.6 Å². The summed E-state index contributed by atoms with van der Waals surface area (Å²) in [5.74, 6) is 2.12. The molecule has 0 unspecified atom stereocenters. The third-order valence-corrected chi connectivity index (χ3v) is 1.77. The van der Waals surface area contributed by atoms with E-state index in [4.69, 9.17) is 0 Å². The molecule has 0 spiro atoms. The van der Waals surface area contributed by atoms with Crippen molar-refractivity contribution in [3.05, 3.63) is 0 Å². The summed E-state index contributed by atoms with van der Waals surface area (Å²) in [6, 6.07) is 0. The normalized spacial score (nSPS) is 13.0. The second-order valence-electron chi connectivity index (χ2n) is 3.91. The minimum Gasteiger partial charge on any atom is -0.356 e. The van der Waals surface area contributed by atoms with E-state index in [0.29, 0.717) is 5.92 Å². The molecule has 5 heteroatoms. The van der Waals surface area contributed by atoms with Crippen molar-refractivity contribution in [1.29, 1.82) is 0 Å². The van der Waals surface area contributed by atoms with Crippen LogP contribution in [0.5, 0.6) is 0 Å². The molecule has 0 aromatic rings. The Labute approximate surface area is 92.7 Å². The van der Waals surface area contributed by atoms with Gasteiger partial charge in [0, 0.05) is 34.7 Å². The molecule has 0 saturated heterocycles. The second kappa shape index (κ2) is 7.09. The maximum absolute atomic E-state index is 4.12. The maximum atomic E-state index is 4.12. The van der Waals surface area contributed by atoms with E-state index >= 15 is 0 Å². The van der Waals surface area contributed by atoms with Crippen LogP contribution in [0.3, 0.4) is 0 Å². The third-order valence-electron chi connectivity index (χ3n) is 1.77. The quantitative estimate of drug-likeness (QED) is 0.514. The first-order valence-electron chi connectivity index (χ1n) is 5.13. The zero-order valence-electron chi connectivity index (χ0n) is 10.6. The lowest BCUT2D eigenvalue weighted by Gasteiger charge is -2.19. The molecule has 0 aliphatic rings. The predicted molar refractivity (Wildman–Crippen MR) is 66.4 cm³/mol. The van der Waals surface area contributed by atoms with Crippen molar-refractivity contribution >= 4 is 11.9 Å². The third kappa shape index (κ3) is 5.93. The van der Waals surface area contributed by atoms with Gasteiger partial charge in [-0.3, -0.25) is 15.3 Å². The lowest BCUT2D eigenvalue weighted by atomic mass is 10.2. The average molecular weight is 213 g/mol. The Morgan fingerprint density at radius 1 is 1.20 bits per heavy atom. The van der Waals surface area contributed by atoms with Crippen LogP contribution in [0, 0.1) is 5.92 Å². The molecule has 0 aliphatic carbocycles. The van der Waals surface area contributed by atoms with Crippen molar-refractivity contribution in [2.45, 2.75) is 13.8 Å². The van der Waals surface area contributed by atoms with Gasteiger partial charge in [0.1, 0.15) is 0 Å². The average Bonchev–Trinajstić information content (AvgIpc) is 2.17. The molecule has 0 aromatic heterocycles. The molecule has 0 aliphatic heterocycles. The predicted octanol–water partition coefficient (Wildman–Crippen LogP) is 0.355. The Balaban J connectivity index is 4.22. The van der Waals surface area contributed by atoms with Gasteiger partial charge in [-0.05, 0) is 5.92 Å². The Hall–Kier alpha value is -1.26. The number of hydrogen-bond acceptors (Lipinski definition) is 2. The monoisotopic (exact) mass is 213 g/mol.